The van der Waals surface area contributed by atoms with Gasteiger partial charge in [0.2, 0.25) is 0 Å². The van der Waals surface area contributed by atoms with Gasteiger partial charge in [0.1, 0.15) is 12.7 Å². The van der Waals surface area contributed by atoms with Crippen LogP contribution in [0.2, 0.25) is 0 Å². The number of fused-ring (bicyclic) bond motifs is 5. The maximum atomic E-state index is 11.9. The molecule has 2 saturated carbocycles. The van der Waals surface area contributed by atoms with E-state index in [2.05, 4.69) is 19.9 Å². The number of aliphatic hydroxyl groups excluding tert-OH is 2. The zero-order chi connectivity index (χ0) is 20.3. The molecule has 0 aromatic carbocycles. The van der Waals surface area contributed by atoms with Crippen molar-refractivity contribution in [2.24, 2.45) is 28.6 Å². The molecule has 0 saturated heterocycles. The fraction of sp³-hybridized carbons (Fsp3) is 0.652. The Hall–Kier alpha value is -1.72. The molecule has 152 valence electrons. The van der Waals surface area contributed by atoms with Gasteiger partial charge in [-0.2, -0.15) is 0 Å². The lowest BCUT2D eigenvalue weighted by Crippen LogP contribution is -2.55. The summed E-state index contributed by atoms with van der Waals surface area (Å²) in [5.41, 5.74) is 1.49. The lowest BCUT2D eigenvalue weighted by Gasteiger charge is -2.58. The average molecular weight is 386 g/mol. The Balaban J connectivity index is 1.62. The van der Waals surface area contributed by atoms with Gasteiger partial charge in [-0.3, -0.25) is 9.59 Å². The molecule has 28 heavy (non-hydrogen) atoms. The van der Waals surface area contributed by atoms with Crippen molar-refractivity contribution in [3.8, 4) is 0 Å². The second-order valence-electron chi connectivity index (χ2n) is 9.44. The van der Waals surface area contributed by atoms with Crippen LogP contribution in [-0.2, 0) is 14.3 Å². The smallest absolute Gasteiger partial charge is 0.302 e. The second kappa shape index (κ2) is 6.67. The first-order valence-electron chi connectivity index (χ1n) is 10.3. The standard InChI is InChI=1S/C23H30O5/c1-13(24)28-12-20(27)18-7-6-17-16-5-4-14-10-15(25)8-9-22(14,2)21(16)19(26)11-23(17,18)3/h6-9,14,16,19-21,26-27H,4-5,10-12H2,1-3H3/t14?,16-,19-,20-,21+,22-,23-/m0/s1. The molecule has 5 nitrogen and oxygen atoms in total. The van der Waals surface area contributed by atoms with Gasteiger partial charge in [-0.05, 0) is 48.2 Å². The molecule has 4 aliphatic carbocycles. The van der Waals surface area contributed by atoms with E-state index < -0.39 is 23.6 Å². The summed E-state index contributed by atoms with van der Waals surface area (Å²) in [6.07, 6.45) is 9.46. The highest BCUT2D eigenvalue weighted by molar-refractivity contribution is 5.91. The summed E-state index contributed by atoms with van der Waals surface area (Å²) in [6.45, 7) is 5.55. The third kappa shape index (κ3) is 2.82. The van der Waals surface area contributed by atoms with Crippen molar-refractivity contribution in [2.45, 2.75) is 58.7 Å². The van der Waals surface area contributed by atoms with E-state index in [1.165, 1.54) is 12.5 Å². The van der Waals surface area contributed by atoms with Crippen LogP contribution in [0, 0.1) is 28.6 Å². The molecule has 2 fully saturated rings. The number of hydrogen-bond donors (Lipinski definition) is 2. The minimum Gasteiger partial charge on any atom is -0.463 e. The average Bonchev–Trinajstić information content (AvgIpc) is 2.96. The summed E-state index contributed by atoms with van der Waals surface area (Å²) >= 11 is 0. The van der Waals surface area contributed by atoms with Gasteiger partial charge in [0.05, 0.1) is 6.10 Å². The fourth-order valence-corrected chi connectivity index (χ4v) is 6.55. The maximum absolute atomic E-state index is 11.9. The maximum Gasteiger partial charge on any atom is 0.302 e. The Bertz CT molecular complexity index is 793. The van der Waals surface area contributed by atoms with Crippen molar-refractivity contribution < 1.29 is 24.5 Å². The number of rotatable bonds is 3. The second-order valence-corrected chi connectivity index (χ2v) is 9.44. The summed E-state index contributed by atoms with van der Waals surface area (Å²) in [4.78, 5) is 23.1. The molecule has 0 bridgehead atoms. The van der Waals surface area contributed by atoms with Gasteiger partial charge in [-0.1, -0.05) is 37.6 Å². The third-order valence-corrected chi connectivity index (χ3v) is 7.89. The number of carbonyl (C=O) groups is 2. The molecule has 0 aromatic heterocycles. The normalized spacial score (nSPS) is 42.7. The van der Waals surface area contributed by atoms with Crippen molar-refractivity contribution >= 4 is 11.8 Å². The predicted octanol–water partition coefficient (Wildman–Crippen LogP) is 2.73. The first-order valence-corrected chi connectivity index (χ1v) is 10.3. The summed E-state index contributed by atoms with van der Waals surface area (Å²) in [6, 6.07) is 0. The molecule has 0 radical (unpaired) electrons. The Morgan fingerprint density at radius 3 is 2.79 bits per heavy atom. The molecule has 0 amide bonds. The van der Waals surface area contributed by atoms with E-state index in [0.717, 1.165) is 18.4 Å². The number of aliphatic hydroxyl groups is 2. The Labute approximate surface area is 166 Å². The fourth-order valence-electron chi connectivity index (χ4n) is 6.55. The van der Waals surface area contributed by atoms with E-state index in [1.54, 1.807) is 6.08 Å². The quantitative estimate of drug-likeness (QED) is 0.729. The van der Waals surface area contributed by atoms with Crippen molar-refractivity contribution in [1.82, 2.24) is 0 Å². The van der Waals surface area contributed by atoms with Crippen LogP contribution < -0.4 is 0 Å². The van der Waals surface area contributed by atoms with Crippen LogP contribution in [0.5, 0.6) is 0 Å². The number of ether oxygens (including phenoxy) is 1. The van der Waals surface area contributed by atoms with Gasteiger partial charge >= 0.3 is 5.97 Å². The molecule has 0 heterocycles. The summed E-state index contributed by atoms with van der Waals surface area (Å²) in [7, 11) is 0. The molecule has 4 aliphatic rings. The van der Waals surface area contributed by atoms with Crippen LogP contribution in [0.3, 0.4) is 0 Å². The molecule has 5 heteroatoms. The predicted molar refractivity (Wildman–Crippen MR) is 104 cm³/mol. The molecule has 1 unspecified atom stereocenters. The van der Waals surface area contributed by atoms with E-state index in [4.69, 9.17) is 4.74 Å². The molecule has 2 N–H and O–H groups in total. The molecule has 0 spiro atoms. The Morgan fingerprint density at radius 2 is 2.07 bits per heavy atom. The van der Waals surface area contributed by atoms with Gasteiger partial charge in [0.15, 0.2) is 5.78 Å². The summed E-state index contributed by atoms with van der Waals surface area (Å²) < 4.78 is 5.01. The number of carbonyl (C=O) groups excluding carboxylic acids is 2. The SMILES string of the molecule is CC(=O)OC[C@H](O)C1=CC=C2[C@@H]3CCC4CC(=O)C=C[C@]4(C)[C@H]3[C@@H](O)C[C@]12C. The van der Waals surface area contributed by atoms with Gasteiger partial charge in [-0.25, -0.2) is 0 Å². The van der Waals surface area contributed by atoms with Crippen LogP contribution >= 0.6 is 0 Å². The first kappa shape index (κ1) is 19.6. The molecule has 7 atom stereocenters. The van der Waals surface area contributed by atoms with E-state index in [1.807, 2.05) is 12.2 Å². The first-order chi connectivity index (χ1) is 13.2. The zero-order valence-electron chi connectivity index (χ0n) is 16.9. The molecular formula is C23H30O5. The van der Waals surface area contributed by atoms with E-state index in [-0.39, 0.29) is 35.6 Å². The number of hydrogen-bond acceptors (Lipinski definition) is 5. The lowest BCUT2D eigenvalue weighted by atomic mass is 9.46. The number of allylic oxidation sites excluding steroid dienone is 5. The van der Waals surface area contributed by atoms with Gasteiger partial charge in [-0.15, -0.1) is 0 Å². The van der Waals surface area contributed by atoms with Gasteiger partial charge in [0.25, 0.3) is 0 Å². The van der Waals surface area contributed by atoms with Crippen LogP contribution in [0.25, 0.3) is 0 Å². The van der Waals surface area contributed by atoms with Crippen molar-refractivity contribution in [3.63, 3.8) is 0 Å². The third-order valence-electron chi connectivity index (χ3n) is 7.89. The van der Waals surface area contributed by atoms with Crippen molar-refractivity contribution in [3.05, 3.63) is 35.5 Å². The van der Waals surface area contributed by atoms with Gasteiger partial charge in [0, 0.05) is 24.7 Å². The molecule has 0 aromatic rings. The van der Waals surface area contributed by atoms with Crippen LogP contribution in [0.1, 0.15) is 46.5 Å². The Morgan fingerprint density at radius 1 is 1.32 bits per heavy atom. The lowest BCUT2D eigenvalue weighted by molar-refractivity contribution is -0.143. The number of ketones is 1. The van der Waals surface area contributed by atoms with E-state index >= 15 is 0 Å². The van der Waals surface area contributed by atoms with Crippen molar-refractivity contribution in [1.29, 1.82) is 0 Å². The van der Waals surface area contributed by atoms with Crippen LogP contribution in [0.15, 0.2) is 35.5 Å². The highest BCUT2D eigenvalue weighted by Gasteiger charge is 2.59. The van der Waals surface area contributed by atoms with E-state index in [9.17, 15) is 19.8 Å². The van der Waals surface area contributed by atoms with Gasteiger partial charge < -0.3 is 14.9 Å². The highest BCUT2D eigenvalue weighted by atomic mass is 16.5. The minimum atomic E-state index is -0.870. The molecule has 0 aliphatic heterocycles. The Kier molecular flexibility index (Phi) is 4.66. The molecule has 4 rings (SSSR count). The van der Waals surface area contributed by atoms with Crippen LogP contribution in [-0.4, -0.2) is 40.8 Å². The zero-order valence-corrected chi connectivity index (χ0v) is 16.9. The number of esters is 1. The minimum absolute atomic E-state index is 0.0628. The highest BCUT2D eigenvalue weighted by Crippen LogP contribution is 2.64. The van der Waals surface area contributed by atoms with Crippen LogP contribution in [0.4, 0.5) is 0 Å². The largest absolute Gasteiger partial charge is 0.463 e. The summed E-state index contributed by atoms with van der Waals surface area (Å²) in [5.74, 6) is 0.364. The monoisotopic (exact) mass is 386 g/mol. The van der Waals surface area contributed by atoms with E-state index in [0.29, 0.717) is 12.8 Å². The van der Waals surface area contributed by atoms with Crippen molar-refractivity contribution in [2.75, 3.05) is 6.61 Å². The molecular weight excluding hydrogens is 356 g/mol. The summed E-state index contributed by atoms with van der Waals surface area (Å²) in [5, 5.41) is 21.9. The topological polar surface area (TPSA) is 83.8 Å².